The first-order chi connectivity index (χ1) is 8.18. The molecule has 1 aromatic rings. The van der Waals surface area contributed by atoms with Gasteiger partial charge in [0, 0.05) is 25.9 Å². The Balaban J connectivity index is 2.10. The fourth-order valence-corrected chi connectivity index (χ4v) is 2.81. The zero-order chi connectivity index (χ0) is 12.3. The molecule has 1 heterocycles. The average molecular weight is 256 g/mol. The summed E-state index contributed by atoms with van der Waals surface area (Å²) in [6.07, 6.45) is 7.41. The molecule has 1 fully saturated rings. The van der Waals surface area contributed by atoms with Crippen molar-refractivity contribution in [1.29, 1.82) is 0 Å². The molecular formula is C13H18ClNO2. The number of rotatable bonds is 4. The summed E-state index contributed by atoms with van der Waals surface area (Å²) in [6.45, 7) is 0. The van der Waals surface area contributed by atoms with Crippen LogP contribution in [-0.4, -0.2) is 28.9 Å². The number of ether oxygens (including phenoxy) is 1. The minimum atomic E-state index is -0.505. The van der Waals surface area contributed by atoms with Crippen LogP contribution < -0.4 is 0 Å². The van der Waals surface area contributed by atoms with Gasteiger partial charge in [0.25, 0.3) is 0 Å². The van der Waals surface area contributed by atoms with E-state index >= 15 is 0 Å². The molecule has 0 aromatic carbocycles. The monoisotopic (exact) mass is 255 g/mol. The minimum Gasteiger partial charge on any atom is -0.390 e. The molecule has 0 amide bonds. The molecule has 1 N–H and O–H groups in total. The maximum atomic E-state index is 10.4. The number of aromatic nitrogens is 1. The van der Waals surface area contributed by atoms with E-state index in [1.807, 2.05) is 6.07 Å². The van der Waals surface area contributed by atoms with E-state index in [0.717, 1.165) is 31.2 Å². The molecule has 2 rings (SSSR count). The lowest BCUT2D eigenvalue weighted by Gasteiger charge is -2.33. The van der Waals surface area contributed by atoms with Crippen molar-refractivity contribution in [1.82, 2.24) is 4.98 Å². The van der Waals surface area contributed by atoms with Gasteiger partial charge in [-0.05, 0) is 24.5 Å². The van der Waals surface area contributed by atoms with E-state index in [9.17, 15) is 5.11 Å². The van der Waals surface area contributed by atoms with Crippen LogP contribution in [0.1, 0.15) is 31.2 Å². The van der Waals surface area contributed by atoms with Crippen molar-refractivity contribution in [3.05, 3.63) is 29.0 Å². The predicted molar refractivity (Wildman–Crippen MR) is 67.2 cm³/mol. The quantitative estimate of drug-likeness (QED) is 0.899. The van der Waals surface area contributed by atoms with Crippen LogP contribution in [0.3, 0.4) is 0 Å². The second kappa shape index (κ2) is 5.34. The largest absolute Gasteiger partial charge is 0.390 e. The number of nitrogens with zero attached hydrogens (tertiary/aromatic N) is 1. The van der Waals surface area contributed by atoms with E-state index in [2.05, 4.69) is 4.98 Å². The number of hydrogen-bond donors (Lipinski definition) is 1. The maximum Gasteiger partial charge on any atom is 0.0939 e. The van der Waals surface area contributed by atoms with E-state index in [1.165, 1.54) is 0 Å². The molecule has 0 bridgehead atoms. The number of aliphatic hydroxyl groups excluding tert-OH is 1. The van der Waals surface area contributed by atoms with E-state index in [1.54, 1.807) is 19.5 Å². The van der Waals surface area contributed by atoms with Crippen molar-refractivity contribution in [3.8, 4) is 0 Å². The second-order valence-corrected chi connectivity index (χ2v) is 5.07. The minimum absolute atomic E-state index is 0.382. The van der Waals surface area contributed by atoms with Crippen molar-refractivity contribution < 1.29 is 9.84 Å². The molecular weight excluding hydrogens is 238 g/mol. The highest BCUT2D eigenvalue weighted by Crippen LogP contribution is 2.37. The van der Waals surface area contributed by atoms with Crippen molar-refractivity contribution in [2.75, 3.05) is 7.11 Å². The Labute approximate surface area is 107 Å². The standard InChI is InChI=1S/C13H18ClNO2/c1-17-13(5-2-3-6-13)12(16)8-10-4-7-15-9-11(10)14/h4,7,9,12,16H,2-3,5-6,8H2,1H3. The number of pyridine rings is 1. The van der Waals surface area contributed by atoms with Crippen LogP contribution in [0.4, 0.5) is 0 Å². The third-order valence-electron chi connectivity index (χ3n) is 3.73. The lowest BCUT2D eigenvalue weighted by molar-refractivity contribution is -0.0971. The van der Waals surface area contributed by atoms with Crippen LogP contribution in [0, 0.1) is 0 Å². The average Bonchev–Trinajstić information content (AvgIpc) is 2.82. The first-order valence-corrected chi connectivity index (χ1v) is 6.37. The lowest BCUT2D eigenvalue weighted by atomic mass is 9.90. The van der Waals surface area contributed by atoms with Gasteiger partial charge in [0.15, 0.2) is 0 Å². The summed E-state index contributed by atoms with van der Waals surface area (Å²) in [5.41, 5.74) is 0.546. The SMILES string of the molecule is COC1(C(O)Cc2ccncc2Cl)CCCC1. The predicted octanol–water partition coefficient (Wildman–Crippen LogP) is 2.60. The van der Waals surface area contributed by atoms with Crippen LogP contribution in [0.15, 0.2) is 18.5 Å². The molecule has 1 aliphatic carbocycles. The van der Waals surface area contributed by atoms with Crippen molar-refractivity contribution in [3.63, 3.8) is 0 Å². The van der Waals surface area contributed by atoms with Crippen LogP contribution >= 0.6 is 11.6 Å². The summed E-state index contributed by atoms with van der Waals surface area (Å²) in [5.74, 6) is 0. The maximum absolute atomic E-state index is 10.4. The van der Waals surface area contributed by atoms with Gasteiger partial charge in [0.2, 0.25) is 0 Å². The summed E-state index contributed by atoms with van der Waals surface area (Å²) in [7, 11) is 1.68. The summed E-state index contributed by atoms with van der Waals surface area (Å²) >= 11 is 6.05. The second-order valence-electron chi connectivity index (χ2n) is 4.66. The number of aliphatic hydroxyl groups is 1. The number of hydrogen-bond acceptors (Lipinski definition) is 3. The molecule has 0 aliphatic heterocycles. The van der Waals surface area contributed by atoms with Crippen LogP contribution in [0.5, 0.6) is 0 Å². The van der Waals surface area contributed by atoms with Gasteiger partial charge in [-0.15, -0.1) is 0 Å². The summed E-state index contributed by atoms with van der Waals surface area (Å²) < 4.78 is 5.56. The molecule has 0 spiro atoms. The normalized spacial score (nSPS) is 20.4. The summed E-state index contributed by atoms with van der Waals surface area (Å²) in [5, 5.41) is 11.0. The molecule has 3 nitrogen and oxygen atoms in total. The highest BCUT2D eigenvalue weighted by atomic mass is 35.5. The zero-order valence-corrected chi connectivity index (χ0v) is 10.8. The van der Waals surface area contributed by atoms with Crippen molar-refractivity contribution in [2.24, 2.45) is 0 Å². The van der Waals surface area contributed by atoms with E-state index < -0.39 is 6.10 Å². The van der Waals surface area contributed by atoms with Crippen molar-refractivity contribution >= 4 is 11.6 Å². The molecule has 4 heteroatoms. The van der Waals surface area contributed by atoms with Gasteiger partial charge < -0.3 is 9.84 Å². The molecule has 1 atom stereocenters. The molecule has 0 radical (unpaired) electrons. The van der Waals surface area contributed by atoms with Gasteiger partial charge >= 0.3 is 0 Å². The Kier molecular flexibility index (Phi) is 4.02. The van der Waals surface area contributed by atoms with Crippen molar-refractivity contribution in [2.45, 2.75) is 43.8 Å². The Morgan fingerprint density at radius 2 is 2.24 bits per heavy atom. The molecule has 1 aliphatic rings. The van der Waals surface area contributed by atoms with Gasteiger partial charge in [0.1, 0.15) is 0 Å². The molecule has 17 heavy (non-hydrogen) atoms. The summed E-state index contributed by atoms with van der Waals surface area (Å²) in [6, 6.07) is 1.85. The first-order valence-electron chi connectivity index (χ1n) is 5.99. The molecule has 94 valence electrons. The Hall–Kier alpha value is -0.640. The number of halogens is 1. The van der Waals surface area contributed by atoms with Gasteiger partial charge in [0.05, 0.1) is 16.7 Å². The van der Waals surface area contributed by atoms with Crippen LogP contribution in [-0.2, 0) is 11.2 Å². The lowest BCUT2D eigenvalue weighted by Crippen LogP contribution is -2.42. The first kappa shape index (κ1) is 12.8. The molecule has 1 unspecified atom stereocenters. The van der Waals surface area contributed by atoms with E-state index in [4.69, 9.17) is 16.3 Å². The smallest absolute Gasteiger partial charge is 0.0939 e. The fraction of sp³-hybridized carbons (Fsp3) is 0.615. The molecule has 0 saturated heterocycles. The van der Waals surface area contributed by atoms with Gasteiger partial charge in [-0.3, -0.25) is 4.98 Å². The highest BCUT2D eigenvalue weighted by molar-refractivity contribution is 6.31. The highest BCUT2D eigenvalue weighted by Gasteiger charge is 2.40. The molecule has 1 aromatic heterocycles. The zero-order valence-electron chi connectivity index (χ0n) is 10.0. The fourth-order valence-electron chi connectivity index (χ4n) is 2.61. The third kappa shape index (κ3) is 2.62. The van der Waals surface area contributed by atoms with Crippen LogP contribution in [0.2, 0.25) is 5.02 Å². The Bertz CT molecular complexity index is 377. The number of methoxy groups -OCH3 is 1. The summed E-state index contributed by atoms with van der Waals surface area (Å²) in [4.78, 5) is 3.94. The van der Waals surface area contributed by atoms with E-state index in [-0.39, 0.29) is 5.60 Å². The topological polar surface area (TPSA) is 42.4 Å². The van der Waals surface area contributed by atoms with Crippen LogP contribution in [0.25, 0.3) is 0 Å². The van der Waals surface area contributed by atoms with Gasteiger partial charge in [-0.25, -0.2) is 0 Å². The molecule has 1 saturated carbocycles. The van der Waals surface area contributed by atoms with Gasteiger partial charge in [-0.2, -0.15) is 0 Å². The Morgan fingerprint density at radius 3 is 2.82 bits per heavy atom. The van der Waals surface area contributed by atoms with E-state index in [0.29, 0.717) is 11.4 Å². The van der Waals surface area contributed by atoms with Gasteiger partial charge in [-0.1, -0.05) is 24.4 Å². The Morgan fingerprint density at radius 1 is 1.53 bits per heavy atom. The third-order valence-corrected chi connectivity index (χ3v) is 4.07.